The van der Waals surface area contributed by atoms with Crippen LogP contribution in [0.2, 0.25) is 0 Å². The van der Waals surface area contributed by atoms with Gasteiger partial charge >= 0.3 is 0 Å². The van der Waals surface area contributed by atoms with Gasteiger partial charge in [0.15, 0.2) is 0 Å². The van der Waals surface area contributed by atoms with E-state index < -0.39 is 0 Å². The minimum absolute atomic E-state index is 0.0578. The summed E-state index contributed by atoms with van der Waals surface area (Å²) in [7, 11) is 1.62. The number of hydrogen-bond donors (Lipinski definition) is 2. The Balaban J connectivity index is 2.32. The van der Waals surface area contributed by atoms with Gasteiger partial charge in [0.2, 0.25) is 5.91 Å². The summed E-state index contributed by atoms with van der Waals surface area (Å²) < 4.78 is 4.89. The Kier molecular flexibility index (Phi) is 7.26. The van der Waals surface area contributed by atoms with Gasteiger partial charge < -0.3 is 15.4 Å². The molecule has 0 bridgehead atoms. The Morgan fingerprint density at radius 1 is 1.30 bits per heavy atom. The molecule has 20 heavy (non-hydrogen) atoms. The van der Waals surface area contributed by atoms with Crippen LogP contribution in [0.3, 0.4) is 0 Å². The second-order valence-electron chi connectivity index (χ2n) is 5.13. The van der Waals surface area contributed by atoms with Crippen molar-refractivity contribution >= 4 is 5.91 Å². The molecule has 0 aliphatic heterocycles. The summed E-state index contributed by atoms with van der Waals surface area (Å²) in [5.74, 6) is 0.0578. The Labute approximate surface area is 121 Å². The first-order chi connectivity index (χ1) is 9.54. The molecule has 0 saturated heterocycles. The van der Waals surface area contributed by atoms with E-state index >= 15 is 0 Å². The van der Waals surface area contributed by atoms with Crippen LogP contribution in [0, 0.1) is 13.8 Å². The molecule has 0 saturated carbocycles. The summed E-state index contributed by atoms with van der Waals surface area (Å²) in [6, 6.07) is 6.71. The largest absolute Gasteiger partial charge is 0.383 e. The number of benzene rings is 1. The summed E-state index contributed by atoms with van der Waals surface area (Å²) in [6.45, 7) is 8.14. The summed E-state index contributed by atoms with van der Waals surface area (Å²) >= 11 is 0. The van der Waals surface area contributed by atoms with Crippen molar-refractivity contribution in [2.75, 3.05) is 26.8 Å². The van der Waals surface area contributed by atoms with E-state index in [0.29, 0.717) is 26.1 Å². The highest BCUT2D eigenvalue weighted by atomic mass is 16.5. The zero-order chi connectivity index (χ0) is 15.0. The van der Waals surface area contributed by atoms with E-state index in [1.165, 1.54) is 16.7 Å². The van der Waals surface area contributed by atoms with Crippen LogP contribution in [0.25, 0.3) is 0 Å². The smallest absolute Gasteiger partial charge is 0.221 e. The molecule has 4 heteroatoms. The number of rotatable bonds is 8. The molecule has 1 aromatic rings. The van der Waals surface area contributed by atoms with Gasteiger partial charge in [0.25, 0.3) is 0 Å². The third kappa shape index (κ3) is 5.72. The average Bonchev–Trinajstić information content (AvgIpc) is 2.38. The number of aryl methyl sites for hydroxylation is 2. The number of nitrogens with one attached hydrogen (secondary N) is 2. The van der Waals surface area contributed by atoms with E-state index in [0.717, 1.165) is 0 Å². The van der Waals surface area contributed by atoms with Crippen molar-refractivity contribution in [1.29, 1.82) is 0 Å². The standard InChI is InChI=1S/C16H26N2O2/c1-12-5-6-15(13(2)11-12)14(3)17-8-7-16(19)18-9-10-20-4/h5-6,11,14,17H,7-10H2,1-4H3,(H,18,19). The molecule has 0 fully saturated rings. The van der Waals surface area contributed by atoms with Crippen molar-refractivity contribution in [1.82, 2.24) is 10.6 Å². The molecule has 112 valence electrons. The molecule has 1 amide bonds. The second kappa shape index (κ2) is 8.72. The summed E-state index contributed by atoms with van der Waals surface area (Å²) in [6.07, 6.45) is 0.485. The summed E-state index contributed by atoms with van der Waals surface area (Å²) in [5, 5.41) is 6.20. The zero-order valence-corrected chi connectivity index (χ0v) is 13.0. The molecule has 1 atom stereocenters. The summed E-state index contributed by atoms with van der Waals surface area (Å²) in [4.78, 5) is 11.5. The molecular weight excluding hydrogens is 252 g/mol. The molecular formula is C16H26N2O2. The van der Waals surface area contributed by atoms with Crippen molar-refractivity contribution < 1.29 is 9.53 Å². The van der Waals surface area contributed by atoms with Crippen LogP contribution in [0.4, 0.5) is 0 Å². The highest BCUT2D eigenvalue weighted by Crippen LogP contribution is 2.18. The Hall–Kier alpha value is -1.39. The fraction of sp³-hybridized carbons (Fsp3) is 0.562. The van der Waals surface area contributed by atoms with Gasteiger partial charge in [0.1, 0.15) is 0 Å². The molecule has 0 heterocycles. The van der Waals surface area contributed by atoms with Gasteiger partial charge in [-0.25, -0.2) is 0 Å². The molecule has 0 aliphatic carbocycles. The lowest BCUT2D eigenvalue weighted by molar-refractivity contribution is -0.121. The first kappa shape index (κ1) is 16.7. The van der Waals surface area contributed by atoms with Crippen LogP contribution in [0.5, 0.6) is 0 Å². The maximum absolute atomic E-state index is 11.5. The van der Waals surface area contributed by atoms with E-state index in [2.05, 4.69) is 49.6 Å². The number of ether oxygens (including phenoxy) is 1. The first-order valence-corrected chi connectivity index (χ1v) is 7.10. The lowest BCUT2D eigenvalue weighted by Crippen LogP contribution is -2.30. The molecule has 1 unspecified atom stereocenters. The van der Waals surface area contributed by atoms with Gasteiger partial charge in [0, 0.05) is 32.7 Å². The molecule has 0 radical (unpaired) electrons. The van der Waals surface area contributed by atoms with Crippen LogP contribution in [0.1, 0.15) is 36.1 Å². The van der Waals surface area contributed by atoms with Crippen molar-refractivity contribution in [3.05, 3.63) is 34.9 Å². The average molecular weight is 278 g/mol. The van der Waals surface area contributed by atoms with Gasteiger partial charge in [-0.2, -0.15) is 0 Å². The van der Waals surface area contributed by atoms with Crippen molar-refractivity contribution in [2.45, 2.75) is 33.2 Å². The second-order valence-corrected chi connectivity index (χ2v) is 5.13. The fourth-order valence-electron chi connectivity index (χ4n) is 2.20. The molecule has 1 rings (SSSR count). The van der Waals surface area contributed by atoms with E-state index in [-0.39, 0.29) is 11.9 Å². The lowest BCUT2D eigenvalue weighted by atomic mass is 10.0. The monoisotopic (exact) mass is 278 g/mol. The Morgan fingerprint density at radius 2 is 2.05 bits per heavy atom. The van der Waals surface area contributed by atoms with Gasteiger partial charge in [-0.3, -0.25) is 4.79 Å². The maximum Gasteiger partial charge on any atom is 0.221 e. The van der Waals surface area contributed by atoms with Crippen LogP contribution in [0.15, 0.2) is 18.2 Å². The van der Waals surface area contributed by atoms with Gasteiger partial charge in [-0.05, 0) is 31.9 Å². The third-order valence-electron chi connectivity index (χ3n) is 3.32. The van der Waals surface area contributed by atoms with E-state index in [4.69, 9.17) is 4.74 Å². The van der Waals surface area contributed by atoms with E-state index in [1.54, 1.807) is 7.11 Å². The van der Waals surface area contributed by atoms with Crippen LogP contribution >= 0.6 is 0 Å². The number of amides is 1. The molecule has 0 aliphatic rings. The lowest BCUT2D eigenvalue weighted by Gasteiger charge is -2.17. The van der Waals surface area contributed by atoms with Crippen molar-refractivity contribution in [3.8, 4) is 0 Å². The highest BCUT2D eigenvalue weighted by Gasteiger charge is 2.08. The quantitative estimate of drug-likeness (QED) is 0.716. The zero-order valence-electron chi connectivity index (χ0n) is 13.0. The van der Waals surface area contributed by atoms with Crippen molar-refractivity contribution in [2.24, 2.45) is 0 Å². The molecule has 0 aromatic heterocycles. The molecule has 4 nitrogen and oxygen atoms in total. The fourth-order valence-corrected chi connectivity index (χ4v) is 2.20. The Morgan fingerprint density at radius 3 is 2.70 bits per heavy atom. The maximum atomic E-state index is 11.5. The SMILES string of the molecule is COCCNC(=O)CCNC(C)c1ccc(C)cc1C. The van der Waals surface area contributed by atoms with E-state index in [9.17, 15) is 4.79 Å². The van der Waals surface area contributed by atoms with Crippen LogP contribution < -0.4 is 10.6 Å². The minimum atomic E-state index is 0.0578. The normalized spacial score (nSPS) is 12.2. The number of carbonyl (C=O) groups excluding carboxylic acids is 1. The first-order valence-electron chi connectivity index (χ1n) is 7.10. The van der Waals surface area contributed by atoms with Crippen molar-refractivity contribution in [3.63, 3.8) is 0 Å². The minimum Gasteiger partial charge on any atom is -0.383 e. The molecule has 0 spiro atoms. The van der Waals surface area contributed by atoms with E-state index in [1.807, 2.05) is 0 Å². The summed E-state index contributed by atoms with van der Waals surface area (Å²) in [5.41, 5.74) is 3.85. The third-order valence-corrected chi connectivity index (χ3v) is 3.32. The number of carbonyl (C=O) groups is 1. The highest BCUT2D eigenvalue weighted by molar-refractivity contribution is 5.76. The van der Waals surface area contributed by atoms with Crippen LogP contribution in [-0.4, -0.2) is 32.7 Å². The predicted molar refractivity (Wildman–Crippen MR) is 81.8 cm³/mol. The van der Waals surface area contributed by atoms with Gasteiger partial charge in [0.05, 0.1) is 6.61 Å². The van der Waals surface area contributed by atoms with Gasteiger partial charge in [-0.15, -0.1) is 0 Å². The predicted octanol–water partition coefficient (Wildman–Crippen LogP) is 2.11. The molecule has 1 aromatic carbocycles. The number of methoxy groups -OCH3 is 1. The van der Waals surface area contributed by atoms with Crippen LogP contribution in [-0.2, 0) is 9.53 Å². The molecule has 2 N–H and O–H groups in total. The number of hydrogen-bond acceptors (Lipinski definition) is 3. The Bertz CT molecular complexity index is 432. The van der Waals surface area contributed by atoms with Gasteiger partial charge in [-0.1, -0.05) is 23.8 Å². The topological polar surface area (TPSA) is 50.4 Å².